The van der Waals surface area contributed by atoms with Gasteiger partial charge in [0.15, 0.2) is 5.75 Å². The Morgan fingerprint density at radius 3 is 2.53 bits per heavy atom. The van der Waals surface area contributed by atoms with E-state index < -0.39 is 0 Å². The molecule has 0 radical (unpaired) electrons. The molecule has 0 fully saturated rings. The summed E-state index contributed by atoms with van der Waals surface area (Å²) in [7, 11) is 0. The molecule has 1 heterocycles. The normalized spacial score (nSPS) is 10.2. The molecule has 4 heteroatoms. The van der Waals surface area contributed by atoms with Gasteiger partial charge in [0.2, 0.25) is 5.43 Å². The monoisotopic (exact) mass is 259 g/mol. The van der Waals surface area contributed by atoms with Gasteiger partial charge in [0.25, 0.3) is 0 Å². The molecule has 1 aromatic heterocycles. The third-order valence-electron chi connectivity index (χ3n) is 2.65. The van der Waals surface area contributed by atoms with Crippen molar-refractivity contribution in [2.45, 2.75) is 13.3 Å². The van der Waals surface area contributed by atoms with Crippen molar-refractivity contribution >= 4 is 0 Å². The van der Waals surface area contributed by atoms with Crippen molar-refractivity contribution in [2.24, 2.45) is 0 Å². The molecular formula is C15H17NO3. The van der Waals surface area contributed by atoms with Crippen LogP contribution in [0.3, 0.4) is 0 Å². The van der Waals surface area contributed by atoms with Gasteiger partial charge in [-0.15, -0.1) is 0 Å². The fourth-order valence-electron chi connectivity index (χ4n) is 1.69. The van der Waals surface area contributed by atoms with Gasteiger partial charge in [-0.05, 0) is 19.1 Å². The highest BCUT2D eigenvalue weighted by Crippen LogP contribution is 2.10. The Bertz CT molecular complexity index is 563. The minimum absolute atomic E-state index is 0.0970. The number of aromatic nitrogens is 1. The van der Waals surface area contributed by atoms with Crippen molar-refractivity contribution in [3.8, 4) is 11.5 Å². The summed E-state index contributed by atoms with van der Waals surface area (Å²) < 4.78 is 11.0. The predicted octanol–water partition coefficient (Wildman–Crippen LogP) is 2.53. The van der Waals surface area contributed by atoms with Gasteiger partial charge in [-0.2, -0.15) is 0 Å². The molecule has 100 valence electrons. The highest BCUT2D eigenvalue weighted by molar-refractivity contribution is 5.25. The molecule has 0 bridgehead atoms. The zero-order chi connectivity index (χ0) is 13.5. The Balaban J connectivity index is 1.74. The Labute approximate surface area is 112 Å². The van der Waals surface area contributed by atoms with Gasteiger partial charge in [-0.25, -0.2) is 0 Å². The summed E-state index contributed by atoms with van der Waals surface area (Å²) in [5.74, 6) is 1.23. The third kappa shape index (κ3) is 3.88. The number of ether oxygens (including phenoxy) is 2. The second kappa shape index (κ2) is 6.64. The standard InChI is InChI=1S/C15H17NO3/c1-12-15(14(17)8-9-16-12)19-11-5-10-18-13-6-3-2-4-7-13/h2-4,6-9H,5,10-11H2,1H3,(H,16,17). The lowest BCUT2D eigenvalue weighted by molar-refractivity contribution is 0.245. The third-order valence-corrected chi connectivity index (χ3v) is 2.65. The van der Waals surface area contributed by atoms with Crippen LogP contribution in [0.25, 0.3) is 0 Å². The lowest BCUT2D eigenvalue weighted by Gasteiger charge is -2.08. The number of aryl methyl sites for hydroxylation is 1. The van der Waals surface area contributed by atoms with Crippen molar-refractivity contribution in [3.63, 3.8) is 0 Å². The second-order valence-corrected chi connectivity index (χ2v) is 4.16. The maximum absolute atomic E-state index is 11.5. The van der Waals surface area contributed by atoms with Crippen molar-refractivity contribution in [1.29, 1.82) is 0 Å². The molecular weight excluding hydrogens is 242 g/mol. The molecule has 2 rings (SSSR count). The van der Waals surface area contributed by atoms with Crippen molar-refractivity contribution in [1.82, 2.24) is 4.98 Å². The molecule has 0 saturated carbocycles. The van der Waals surface area contributed by atoms with Gasteiger partial charge in [-0.1, -0.05) is 18.2 Å². The van der Waals surface area contributed by atoms with E-state index in [1.165, 1.54) is 6.07 Å². The Morgan fingerprint density at radius 2 is 1.79 bits per heavy atom. The number of para-hydroxylation sites is 1. The fourth-order valence-corrected chi connectivity index (χ4v) is 1.69. The van der Waals surface area contributed by atoms with Gasteiger partial charge < -0.3 is 14.5 Å². The quantitative estimate of drug-likeness (QED) is 0.811. The number of pyridine rings is 1. The molecule has 0 spiro atoms. The van der Waals surface area contributed by atoms with Crippen LogP contribution >= 0.6 is 0 Å². The summed E-state index contributed by atoms with van der Waals surface area (Å²) >= 11 is 0. The lowest BCUT2D eigenvalue weighted by Crippen LogP contribution is -2.12. The minimum atomic E-state index is -0.0970. The maximum Gasteiger partial charge on any atom is 0.223 e. The minimum Gasteiger partial charge on any atom is -0.493 e. The van der Waals surface area contributed by atoms with E-state index in [9.17, 15) is 4.79 Å². The SMILES string of the molecule is Cc1[nH]ccc(=O)c1OCCCOc1ccccc1. The van der Waals surface area contributed by atoms with E-state index in [4.69, 9.17) is 9.47 Å². The lowest BCUT2D eigenvalue weighted by atomic mass is 10.3. The highest BCUT2D eigenvalue weighted by Gasteiger charge is 2.03. The number of benzene rings is 1. The average Bonchev–Trinajstić information content (AvgIpc) is 2.42. The molecule has 4 nitrogen and oxygen atoms in total. The van der Waals surface area contributed by atoms with Crippen LogP contribution < -0.4 is 14.9 Å². The van der Waals surface area contributed by atoms with Crippen molar-refractivity contribution in [3.05, 3.63) is 58.5 Å². The van der Waals surface area contributed by atoms with Gasteiger partial charge in [0, 0.05) is 18.7 Å². The Hall–Kier alpha value is -2.23. The second-order valence-electron chi connectivity index (χ2n) is 4.16. The van der Waals surface area contributed by atoms with Crippen LogP contribution in [-0.4, -0.2) is 18.2 Å². The molecule has 0 amide bonds. The van der Waals surface area contributed by atoms with E-state index in [0.29, 0.717) is 19.0 Å². The Morgan fingerprint density at radius 1 is 1.05 bits per heavy atom. The van der Waals surface area contributed by atoms with E-state index in [0.717, 1.165) is 17.9 Å². The first-order chi connectivity index (χ1) is 9.27. The number of H-pyrrole nitrogens is 1. The number of hydrogen-bond acceptors (Lipinski definition) is 3. The van der Waals surface area contributed by atoms with Gasteiger partial charge in [-0.3, -0.25) is 4.79 Å². The topological polar surface area (TPSA) is 51.3 Å². The fraction of sp³-hybridized carbons (Fsp3) is 0.267. The number of hydrogen-bond donors (Lipinski definition) is 1. The first-order valence-corrected chi connectivity index (χ1v) is 6.26. The largest absolute Gasteiger partial charge is 0.493 e. The van der Waals surface area contributed by atoms with Gasteiger partial charge >= 0.3 is 0 Å². The molecule has 0 saturated heterocycles. The number of rotatable bonds is 6. The van der Waals surface area contributed by atoms with E-state index in [-0.39, 0.29) is 5.43 Å². The molecule has 1 aromatic carbocycles. The van der Waals surface area contributed by atoms with Crippen LogP contribution in [0.5, 0.6) is 11.5 Å². The highest BCUT2D eigenvalue weighted by atomic mass is 16.5. The van der Waals surface area contributed by atoms with Crippen LogP contribution in [0, 0.1) is 6.92 Å². The summed E-state index contributed by atoms with van der Waals surface area (Å²) in [6.07, 6.45) is 2.34. The summed E-state index contributed by atoms with van der Waals surface area (Å²) in [5.41, 5.74) is 0.650. The van der Waals surface area contributed by atoms with Crippen molar-refractivity contribution in [2.75, 3.05) is 13.2 Å². The molecule has 19 heavy (non-hydrogen) atoms. The molecule has 0 atom stereocenters. The molecule has 0 aliphatic rings. The van der Waals surface area contributed by atoms with Crippen LogP contribution in [0.1, 0.15) is 12.1 Å². The summed E-state index contributed by atoms with van der Waals surface area (Å²) in [5, 5.41) is 0. The molecule has 0 aliphatic carbocycles. The number of nitrogens with one attached hydrogen (secondary N) is 1. The van der Waals surface area contributed by atoms with Crippen LogP contribution in [-0.2, 0) is 0 Å². The first-order valence-electron chi connectivity index (χ1n) is 6.26. The molecule has 2 aromatic rings. The van der Waals surface area contributed by atoms with Crippen LogP contribution in [0.4, 0.5) is 0 Å². The van der Waals surface area contributed by atoms with Crippen molar-refractivity contribution < 1.29 is 9.47 Å². The van der Waals surface area contributed by atoms with Gasteiger partial charge in [0.05, 0.1) is 18.9 Å². The predicted molar refractivity (Wildman–Crippen MR) is 73.8 cm³/mol. The zero-order valence-corrected chi connectivity index (χ0v) is 10.9. The summed E-state index contributed by atoms with van der Waals surface area (Å²) in [6.45, 7) is 2.84. The smallest absolute Gasteiger partial charge is 0.223 e. The summed E-state index contributed by atoms with van der Waals surface area (Å²) in [4.78, 5) is 14.5. The average molecular weight is 259 g/mol. The molecule has 1 N–H and O–H groups in total. The Kier molecular flexibility index (Phi) is 4.61. The van der Waals surface area contributed by atoms with E-state index in [1.54, 1.807) is 6.20 Å². The van der Waals surface area contributed by atoms with E-state index >= 15 is 0 Å². The van der Waals surface area contributed by atoms with Crippen LogP contribution in [0.15, 0.2) is 47.4 Å². The number of aromatic amines is 1. The molecule has 0 unspecified atom stereocenters. The maximum atomic E-state index is 11.5. The first kappa shape index (κ1) is 13.2. The molecule has 0 aliphatic heterocycles. The zero-order valence-electron chi connectivity index (χ0n) is 10.9. The summed E-state index contributed by atoms with van der Waals surface area (Å²) in [6, 6.07) is 11.1. The van der Waals surface area contributed by atoms with E-state index in [1.807, 2.05) is 37.3 Å². The van der Waals surface area contributed by atoms with Gasteiger partial charge in [0.1, 0.15) is 5.75 Å². The van der Waals surface area contributed by atoms with Crippen LogP contribution in [0.2, 0.25) is 0 Å². The van der Waals surface area contributed by atoms with E-state index in [2.05, 4.69) is 4.98 Å².